The normalized spacial score (nSPS) is 16.5. The third-order valence-corrected chi connectivity index (χ3v) is 7.36. The summed E-state index contributed by atoms with van der Waals surface area (Å²) in [7, 11) is 0. The van der Waals surface area contributed by atoms with Gasteiger partial charge in [-0.25, -0.2) is 4.98 Å². The standard InChI is InChI=1S/C30H33F3N4O3/c31-30(32,33)21-37-26(19-24-18-23(5-8-28(24)37)4-3-22-9-14-39-15-10-22)2-1-11-34-25-6-7-27(35-20-25)29(38)36-12-16-40-17-13-36/h5-8,18-20,22,34H,3-4,9-17,21H2. The molecule has 10 heteroatoms. The smallest absolute Gasteiger partial charge is 0.381 e. The van der Waals surface area contributed by atoms with Crippen LogP contribution in [0, 0.1) is 17.8 Å². The van der Waals surface area contributed by atoms with Gasteiger partial charge in [-0.05, 0) is 73.4 Å². The fraction of sp³-hybridized carbons (Fsp3) is 0.467. The Labute approximate surface area is 231 Å². The lowest BCUT2D eigenvalue weighted by Crippen LogP contribution is -2.41. The van der Waals surface area contributed by atoms with E-state index in [9.17, 15) is 18.0 Å². The molecule has 0 aliphatic carbocycles. The van der Waals surface area contributed by atoms with Crippen molar-refractivity contribution in [3.63, 3.8) is 0 Å². The number of morpholine rings is 1. The first kappa shape index (κ1) is 28.0. The molecule has 3 aromatic rings. The number of benzene rings is 1. The van der Waals surface area contributed by atoms with Crippen molar-refractivity contribution in [2.24, 2.45) is 5.92 Å². The number of hydrogen-bond donors (Lipinski definition) is 1. The third kappa shape index (κ3) is 7.34. The maximum atomic E-state index is 13.4. The number of fused-ring (bicyclic) bond motifs is 1. The average molecular weight is 555 g/mol. The number of amides is 1. The lowest BCUT2D eigenvalue weighted by atomic mass is 9.92. The van der Waals surface area contributed by atoms with Gasteiger partial charge in [0, 0.05) is 37.2 Å². The number of nitrogens with one attached hydrogen (secondary N) is 1. The van der Waals surface area contributed by atoms with Crippen molar-refractivity contribution in [3.8, 4) is 11.8 Å². The minimum atomic E-state index is -4.37. The monoisotopic (exact) mass is 554 g/mol. The zero-order valence-electron chi connectivity index (χ0n) is 22.3. The summed E-state index contributed by atoms with van der Waals surface area (Å²) in [4.78, 5) is 18.5. The van der Waals surface area contributed by atoms with Gasteiger partial charge in [-0.15, -0.1) is 0 Å². The van der Waals surface area contributed by atoms with Crippen LogP contribution in [0.2, 0.25) is 0 Å². The largest absolute Gasteiger partial charge is 0.406 e. The molecule has 1 N–H and O–H groups in total. The molecule has 0 spiro atoms. The van der Waals surface area contributed by atoms with Crippen molar-refractivity contribution < 1.29 is 27.4 Å². The zero-order chi connectivity index (χ0) is 28.0. The molecular formula is C30H33F3N4O3. The second kappa shape index (κ2) is 12.7. The summed E-state index contributed by atoms with van der Waals surface area (Å²) in [6.07, 6.45) is 1.25. The van der Waals surface area contributed by atoms with Gasteiger partial charge in [-0.3, -0.25) is 4.79 Å². The van der Waals surface area contributed by atoms with Gasteiger partial charge in [0.25, 0.3) is 5.91 Å². The maximum Gasteiger partial charge on any atom is 0.406 e. The summed E-state index contributed by atoms with van der Waals surface area (Å²) in [6, 6.07) is 10.8. The quantitative estimate of drug-likeness (QED) is 0.421. The Balaban J connectivity index is 1.24. The second-order valence-corrected chi connectivity index (χ2v) is 10.2. The highest BCUT2D eigenvalue weighted by atomic mass is 19.4. The number of pyridine rings is 1. The molecule has 7 nitrogen and oxygen atoms in total. The molecular weight excluding hydrogens is 521 g/mol. The molecule has 1 aromatic carbocycles. The van der Waals surface area contributed by atoms with Gasteiger partial charge in [0.05, 0.1) is 37.3 Å². The van der Waals surface area contributed by atoms with E-state index in [0.29, 0.717) is 54.8 Å². The number of alkyl halides is 3. The molecule has 5 rings (SSSR count). The van der Waals surface area contributed by atoms with E-state index in [2.05, 4.69) is 22.1 Å². The fourth-order valence-electron chi connectivity index (χ4n) is 5.17. The van der Waals surface area contributed by atoms with E-state index in [1.807, 2.05) is 12.1 Å². The minimum Gasteiger partial charge on any atom is -0.381 e. The van der Waals surface area contributed by atoms with Crippen molar-refractivity contribution in [1.29, 1.82) is 0 Å². The Kier molecular flexibility index (Phi) is 8.92. The molecule has 2 aromatic heterocycles. The van der Waals surface area contributed by atoms with Crippen LogP contribution in [0.4, 0.5) is 18.9 Å². The number of nitrogens with zero attached hydrogens (tertiary/aromatic N) is 3. The van der Waals surface area contributed by atoms with Gasteiger partial charge in [-0.1, -0.05) is 12.0 Å². The Bertz CT molecular complexity index is 1360. The molecule has 40 heavy (non-hydrogen) atoms. The summed E-state index contributed by atoms with van der Waals surface area (Å²) in [5, 5.41) is 3.86. The van der Waals surface area contributed by atoms with Crippen LogP contribution in [0.25, 0.3) is 10.9 Å². The number of rotatable bonds is 7. The van der Waals surface area contributed by atoms with E-state index in [4.69, 9.17) is 9.47 Å². The summed E-state index contributed by atoms with van der Waals surface area (Å²) >= 11 is 0. The molecule has 0 radical (unpaired) electrons. The van der Waals surface area contributed by atoms with Crippen molar-refractivity contribution in [2.45, 2.75) is 38.4 Å². The van der Waals surface area contributed by atoms with Crippen LogP contribution in [0.5, 0.6) is 0 Å². The fourth-order valence-corrected chi connectivity index (χ4v) is 5.17. The zero-order valence-corrected chi connectivity index (χ0v) is 22.3. The van der Waals surface area contributed by atoms with Crippen LogP contribution in [-0.4, -0.2) is 72.6 Å². The van der Waals surface area contributed by atoms with Crippen LogP contribution in [0.15, 0.2) is 42.6 Å². The van der Waals surface area contributed by atoms with Crippen molar-refractivity contribution >= 4 is 22.5 Å². The first-order valence-corrected chi connectivity index (χ1v) is 13.7. The molecule has 2 fully saturated rings. The number of aromatic nitrogens is 2. The van der Waals surface area contributed by atoms with Gasteiger partial charge in [0.15, 0.2) is 0 Å². The van der Waals surface area contributed by atoms with Crippen LogP contribution < -0.4 is 5.32 Å². The number of aryl methyl sites for hydroxylation is 1. The van der Waals surface area contributed by atoms with E-state index in [1.165, 1.54) is 4.57 Å². The Morgan fingerprint density at radius 2 is 1.82 bits per heavy atom. The molecule has 0 bridgehead atoms. The number of carbonyl (C=O) groups excluding carboxylic acids is 1. The van der Waals surface area contributed by atoms with Crippen LogP contribution >= 0.6 is 0 Å². The van der Waals surface area contributed by atoms with E-state index >= 15 is 0 Å². The molecule has 0 atom stereocenters. The summed E-state index contributed by atoms with van der Waals surface area (Å²) in [5.74, 6) is 6.34. The Morgan fingerprint density at radius 3 is 2.55 bits per heavy atom. The van der Waals surface area contributed by atoms with Crippen molar-refractivity contribution in [1.82, 2.24) is 14.5 Å². The van der Waals surface area contributed by atoms with E-state index in [-0.39, 0.29) is 12.5 Å². The van der Waals surface area contributed by atoms with E-state index < -0.39 is 12.7 Å². The van der Waals surface area contributed by atoms with Gasteiger partial charge in [0.1, 0.15) is 12.2 Å². The molecule has 0 unspecified atom stereocenters. The van der Waals surface area contributed by atoms with Crippen LogP contribution in [-0.2, 0) is 22.4 Å². The minimum absolute atomic E-state index is 0.140. The lowest BCUT2D eigenvalue weighted by Gasteiger charge is -2.26. The summed E-state index contributed by atoms with van der Waals surface area (Å²) in [5.41, 5.74) is 2.97. The number of anilines is 1. The number of carbonyl (C=O) groups is 1. The predicted molar refractivity (Wildman–Crippen MR) is 146 cm³/mol. The van der Waals surface area contributed by atoms with Crippen molar-refractivity contribution in [3.05, 3.63) is 59.5 Å². The summed E-state index contributed by atoms with van der Waals surface area (Å²) < 4.78 is 52.2. The predicted octanol–water partition coefficient (Wildman–Crippen LogP) is 4.89. The molecule has 0 saturated carbocycles. The van der Waals surface area contributed by atoms with E-state index in [1.54, 1.807) is 35.4 Å². The molecule has 2 aliphatic heterocycles. The maximum absolute atomic E-state index is 13.4. The first-order valence-electron chi connectivity index (χ1n) is 13.7. The Hall–Kier alpha value is -3.55. The molecule has 4 heterocycles. The van der Waals surface area contributed by atoms with Gasteiger partial charge < -0.3 is 24.3 Å². The third-order valence-electron chi connectivity index (χ3n) is 7.36. The Morgan fingerprint density at radius 1 is 1.05 bits per heavy atom. The van der Waals surface area contributed by atoms with E-state index in [0.717, 1.165) is 49.8 Å². The highest BCUT2D eigenvalue weighted by Crippen LogP contribution is 2.28. The van der Waals surface area contributed by atoms with Gasteiger partial charge >= 0.3 is 6.18 Å². The molecule has 1 amide bonds. The first-order chi connectivity index (χ1) is 19.4. The molecule has 2 aliphatic rings. The number of halogens is 3. The molecule has 2 saturated heterocycles. The average Bonchev–Trinajstić information content (AvgIpc) is 3.30. The topological polar surface area (TPSA) is 68.6 Å². The van der Waals surface area contributed by atoms with Gasteiger partial charge in [0.2, 0.25) is 0 Å². The van der Waals surface area contributed by atoms with Crippen LogP contribution in [0.1, 0.15) is 41.0 Å². The highest BCUT2D eigenvalue weighted by Gasteiger charge is 2.29. The SMILES string of the molecule is O=C(c1ccc(NCC#Cc2cc3cc(CCC4CCOCC4)ccc3n2CC(F)(F)F)cn1)N1CCOCC1. The van der Waals surface area contributed by atoms with Crippen molar-refractivity contribution in [2.75, 3.05) is 51.4 Å². The molecule has 212 valence electrons. The van der Waals surface area contributed by atoms with Crippen LogP contribution in [0.3, 0.4) is 0 Å². The van der Waals surface area contributed by atoms with Gasteiger partial charge in [-0.2, -0.15) is 13.2 Å². The lowest BCUT2D eigenvalue weighted by molar-refractivity contribution is -0.140. The second-order valence-electron chi connectivity index (χ2n) is 10.2. The summed E-state index contributed by atoms with van der Waals surface area (Å²) in [6.45, 7) is 2.83. The number of hydrogen-bond acceptors (Lipinski definition) is 5. The number of ether oxygens (including phenoxy) is 2. The highest BCUT2D eigenvalue weighted by molar-refractivity contribution is 5.92.